The Labute approximate surface area is 233 Å². The smallest absolute Gasteiger partial charge is 0.310 e. The molecule has 0 bridgehead atoms. The number of hydrogen-bond acceptors (Lipinski definition) is 7. The zero-order valence-electron chi connectivity index (χ0n) is 22.5. The highest BCUT2D eigenvalue weighted by molar-refractivity contribution is 7.90. The second-order valence-corrected chi connectivity index (χ2v) is 12.0. The molecule has 0 aliphatic rings. The van der Waals surface area contributed by atoms with E-state index in [1.165, 1.54) is 30.5 Å². The van der Waals surface area contributed by atoms with Crippen LogP contribution in [0.15, 0.2) is 53.1 Å². The molecule has 0 spiro atoms. The summed E-state index contributed by atoms with van der Waals surface area (Å²) in [7, 11) is 0. The first kappa shape index (κ1) is 29.4. The number of nitrogens with zero attached hydrogens (tertiary/aromatic N) is 1. The lowest BCUT2D eigenvalue weighted by molar-refractivity contribution is -0.142. The number of halogens is 3. The van der Waals surface area contributed by atoms with Crippen LogP contribution >= 0.6 is 0 Å². The summed E-state index contributed by atoms with van der Waals surface area (Å²) in [6.45, 7) is 7.06. The van der Waals surface area contributed by atoms with Crippen LogP contribution < -0.4 is 9.46 Å². The van der Waals surface area contributed by atoms with Crippen molar-refractivity contribution in [2.24, 2.45) is 0 Å². The summed E-state index contributed by atoms with van der Waals surface area (Å²) in [6.07, 6.45) is 1.29. The van der Waals surface area contributed by atoms with Crippen molar-refractivity contribution in [1.82, 2.24) is 9.71 Å². The van der Waals surface area contributed by atoms with Gasteiger partial charge in [-0.25, -0.2) is 8.78 Å². The van der Waals surface area contributed by atoms with E-state index in [0.717, 1.165) is 6.07 Å². The van der Waals surface area contributed by atoms with Crippen molar-refractivity contribution < 1.29 is 36.4 Å². The Morgan fingerprint density at radius 3 is 2.60 bits per heavy atom. The van der Waals surface area contributed by atoms with Gasteiger partial charge in [-0.1, -0.05) is 6.07 Å². The summed E-state index contributed by atoms with van der Waals surface area (Å²) in [5, 5.41) is 0.365. The lowest BCUT2D eigenvalue weighted by atomic mass is 10.00. The second kappa shape index (κ2) is 12.3. The van der Waals surface area contributed by atoms with Crippen LogP contribution in [0, 0.1) is 17.6 Å². The number of furan rings is 1. The van der Waals surface area contributed by atoms with Gasteiger partial charge in [0.2, 0.25) is 0 Å². The van der Waals surface area contributed by atoms with Gasteiger partial charge >= 0.3 is 5.97 Å². The summed E-state index contributed by atoms with van der Waals surface area (Å²) >= 11 is -1.45. The van der Waals surface area contributed by atoms with E-state index in [9.17, 15) is 18.1 Å². The first-order valence-electron chi connectivity index (χ1n) is 12.5. The van der Waals surface area contributed by atoms with E-state index in [4.69, 9.17) is 13.9 Å². The Balaban J connectivity index is 1.66. The molecular formula is C29H29F3N2O5S. The van der Waals surface area contributed by atoms with Gasteiger partial charge in [0.1, 0.15) is 28.5 Å². The standard InChI is InChI=1S/C29H29F3N2O5S/c1-5-37-26(35)13-18-6-7-20(30)14-24(18)38-16-17-10-19-12-25(31)39-28(19)22(11-17)21-8-9-33-23(27(21)32)15-34-40(36)29(2,3)4/h6-12,14,34H,5,13,15-16H2,1-4H3. The van der Waals surface area contributed by atoms with Crippen LogP contribution in [0.25, 0.3) is 22.1 Å². The Bertz CT molecular complexity index is 1520. The quantitative estimate of drug-likeness (QED) is 0.179. The van der Waals surface area contributed by atoms with Gasteiger partial charge in [0, 0.05) is 51.8 Å². The molecule has 11 heteroatoms. The number of aromatic nitrogens is 1. The molecule has 2 heterocycles. The molecule has 1 unspecified atom stereocenters. The Morgan fingerprint density at radius 2 is 1.88 bits per heavy atom. The third kappa shape index (κ3) is 6.96. The fourth-order valence-electron chi connectivity index (χ4n) is 3.97. The van der Waals surface area contributed by atoms with Crippen molar-refractivity contribution in [1.29, 1.82) is 0 Å². The van der Waals surface area contributed by atoms with Crippen LogP contribution in [0.1, 0.15) is 44.5 Å². The molecule has 2 aromatic heterocycles. The highest BCUT2D eigenvalue weighted by Crippen LogP contribution is 2.35. The molecule has 0 aliphatic carbocycles. The minimum absolute atomic E-state index is 0.0281. The number of fused-ring (bicyclic) bond motifs is 1. The summed E-state index contributed by atoms with van der Waals surface area (Å²) in [4.78, 5) is 16.1. The van der Waals surface area contributed by atoms with Gasteiger partial charge in [0.15, 0.2) is 5.82 Å². The molecule has 0 radical (unpaired) electrons. The predicted molar refractivity (Wildman–Crippen MR) is 145 cm³/mol. The normalized spacial score (nSPS) is 12.5. The lowest BCUT2D eigenvalue weighted by Crippen LogP contribution is -2.39. The average molecular weight is 575 g/mol. The van der Waals surface area contributed by atoms with Crippen LogP contribution in [0.4, 0.5) is 13.2 Å². The molecule has 1 atom stereocenters. The molecule has 0 aliphatic heterocycles. The number of esters is 1. The van der Waals surface area contributed by atoms with Crippen molar-refractivity contribution in [3.63, 3.8) is 0 Å². The average Bonchev–Trinajstić information content (AvgIpc) is 3.27. The fraction of sp³-hybridized carbons (Fsp3) is 0.310. The van der Waals surface area contributed by atoms with E-state index >= 15 is 4.39 Å². The lowest BCUT2D eigenvalue weighted by Gasteiger charge is -2.23. The van der Waals surface area contributed by atoms with Gasteiger partial charge in [0.25, 0.3) is 6.01 Å². The largest absolute Gasteiger partial charge is 0.598 e. The van der Waals surface area contributed by atoms with Crippen LogP contribution in [0.5, 0.6) is 5.75 Å². The highest BCUT2D eigenvalue weighted by atomic mass is 32.2. The molecule has 1 N–H and O–H groups in total. The van der Waals surface area contributed by atoms with Gasteiger partial charge in [0.05, 0.1) is 25.3 Å². The summed E-state index contributed by atoms with van der Waals surface area (Å²) < 4.78 is 74.5. The zero-order valence-corrected chi connectivity index (χ0v) is 23.3. The topological polar surface area (TPSA) is 96.7 Å². The predicted octanol–water partition coefficient (Wildman–Crippen LogP) is 6.15. The number of carbonyl (C=O) groups excluding carboxylic acids is 1. The van der Waals surface area contributed by atoms with E-state index in [-0.39, 0.29) is 54.3 Å². The molecule has 0 saturated heterocycles. The van der Waals surface area contributed by atoms with Crippen molar-refractivity contribution in [2.45, 2.75) is 52.0 Å². The van der Waals surface area contributed by atoms with Crippen molar-refractivity contribution in [3.05, 3.63) is 83.1 Å². The maximum absolute atomic E-state index is 15.7. The molecule has 40 heavy (non-hydrogen) atoms. The second-order valence-electron chi connectivity index (χ2n) is 9.96. The molecule has 7 nitrogen and oxygen atoms in total. The number of rotatable bonds is 10. The number of pyridine rings is 1. The van der Waals surface area contributed by atoms with E-state index in [2.05, 4.69) is 9.71 Å². The van der Waals surface area contributed by atoms with Crippen LogP contribution in [0.2, 0.25) is 0 Å². The highest BCUT2D eigenvalue weighted by Gasteiger charge is 2.27. The van der Waals surface area contributed by atoms with E-state index in [1.54, 1.807) is 39.8 Å². The van der Waals surface area contributed by atoms with Gasteiger partial charge in [-0.05, 0) is 57.5 Å². The molecule has 212 valence electrons. The SMILES string of the molecule is CCOC(=O)Cc1ccc(F)cc1OCc1cc(-c2ccnc(CN[S+]([O-])C(C)(C)C)c2F)c2oc(F)cc2c1. The number of hydrogen-bond donors (Lipinski definition) is 1. The van der Waals surface area contributed by atoms with Gasteiger partial charge in [-0.3, -0.25) is 9.78 Å². The van der Waals surface area contributed by atoms with Crippen LogP contribution in [-0.4, -0.2) is 26.9 Å². The van der Waals surface area contributed by atoms with Gasteiger partial charge < -0.3 is 18.4 Å². The minimum Gasteiger partial charge on any atom is -0.598 e. The monoisotopic (exact) mass is 574 g/mol. The first-order chi connectivity index (χ1) is 19.0. The third-order valence-electron chi connectivity index (χ3n) is 5.89. The third-order valence-corrected chi connectivity index (χ3v) is 7.41. The van der Waals surface area contributed by atoms with Crippen molar-refractivity contribution in [2.75, 3.05) is 6.61 Å². The summed E-state index contributed by atoms with van der Waals surface area (Å²) in [5.74, 6) is -1.58. The Hall–Kier alpha value is -3.54. The Kier molecular flexibility index (Phi) is 9.07. The van der Waals surface area contributed by atoms with E-state index < -0.39 is 39.7 Å². The number of nitrogens with one attached hydrogen (secondary N) is 1. The molecular weight excluding hydrogens is 545 g/mol. The molecule has 2 aromatic carbocycles. The summed E-state index contributed by atoms with van der Waals surface area (Å²) in [5.41, 5.74) is 1.45. The maximum Gasteiger partial charge on any atom is 0.310 e. The molecule has 0 amide bonds. The van der Waals surface area contributed by atoms with Gasteiger partial charge in [-0.15, -0.1) is 4.72 Å². The number of benzene rings is 2. The molecule has 0 fully saturated rings. The molecule has 4 aromatic rings. The fourth-order valence-corrected chi connectivity index (χ4v) is 4.67. The van der Waals surface area contributed by atoms with Gasteiger partial charge in [-0.2, -0.15) is 4.39 Å². The number of ether oxygens (including phenoxy) is 2. The number of carbonyl (C=O) groups is 1. The zero-order chi connectivity index (χ0) is 29.0. The summed E-state index contributed by atoms with van der Waals surface area (Å²) in [6, 6.07) is 8.77. The van der Waals surface area contributed by atoms with Crippen molar-refractivity contribution in [3.8, 4) is 16.9 Å². The maximum atomic E-state index is 15.7. The first-order valence-corrected chi connectivity index (χ1v) is 13.7. The molecule has 0 saturated carbocycles. The minimum atomic E-state index is -1.45. The van der Waals surface area contributed by atoms with Crippen molar-refractivity contribution >= 4 is 28.3 Å². The molecule has 4 rings (SSSR count). The Morgan fingerprint density at radius 1 is 1.10 bits per heavy atom. The van der Waals surface area contributed by atoms with E-state index in [1.807, 2.05) is 0 Å². The van der Waals surface area contributed by atoms with E-state index in [0.29, 0.717) is 16.5 Å². The van der Waals surface area contributed by atoms with Crippen LogP contribution in [0.3, 0.4) is 0 Å². The van der Waals surface area contributed by atoms with Crippen LogP contribution in [-0.2, 0) is 40.5 Å².